The van der Waals surface area contributed by atoms with E-state index in [1.165, 1.54) is 37.6 Å². The Morgan fingerprint density at radius 1 is 1.28 bits per heavy atom. The zero-order valence-corrected chi connectivity index (χ0v) is 11.1. The maximum atomic E-state index is 3.45. The van der Waals surface area contributed by atoms with Gasteiger partial charge in [0.2, 0.25) is 0 Å². The number of hydrogen-bond donors (Lipinski definition) is 1. The Bertz CT molecular complexity index is 580. The Balaban J connectivity index is 1.85. The quantitative estimate of drug-likeness (QED) is 0.746. The summed E-state index contributed by atoms with van der Waals surface area (Å²) in [7, 11) is 0. The minimum Gasteiger partial charge on any atom is -0.361 e. The standard InChI is InChI=1S/C17H21N/c1-2-11-6-7-12-9-13-10-18-16-5-3-4-14(17(13)16)15(12)8-11/h3-5,10-12,15,18H,2,6-9H2,1H3/t11-,12+,15-/m0/s1. The van der Waals surface area contributed by atoms with E-state index in [0.29, 0.717) is 0 Å². The van der Waals surface area contributed by atoms with Crippen molar-refractivity contribution in [2.24, 2.45) is 11.8 Å². The molecule has 0 radical (unpaired) electrons. The molecular weight excluding hydrogens is 218 g/mol. The van der Waals surface area contributed by atoms with Gasteiger partial charge < -0.3 is 4.98 Å². The van der Waals surface area contributed by atoms with Crippen LogP contribution < -0.4 is 0 Å². The van der Waals surface area contributed by atoms with Crippen LogP contribution in [-0.4, -0.2) is 4.98 Å². The summed E-state index contributed by atoms with van der Waals surface area (Å²) in [5.74, 6) is 2.69. The van der Waals surface area contributed by atoms with Crippen molar-refractivity contribution in [3.63, 3.8) is 0 Å². The third kappa shape index (κ3) is 1.39. The third-order valence-electron chi connectivity index (χ3n) is 5.38. The molecule has 1 aromatic carbocycles. The van der Waals surface area contributed by atoms with Crippen LogP contribution in [0, 0.1) is 11.8 Å². The van der Waals surface area contributed by atoms with Crippen molar-refractivity contribution in [3.05, 3.63) is 35.5 Å². The number of aromatic nitrogens is 1. The molecule has 1 N–H and O–H groups in total. The normalized spacial score (nSPS) is 30.4. The molecule has 0 spiro atoms. The monoisotopic (exact) mass is 239 g/mol. The summed E-state index contributed by atoms with van der Waals surface area (Å²) < 4.78 is 0. The smallest absolute Gasteiger partial charge is 0.0459 e. The molecule has 18 heavy (non-hydrogen) atoms. The molecule has 1 heteroatoms. The Morgan fingerprint density at radius 3 is 3.11 bits per heavy atom. The number of benzene rings is 1. The highest BCUT2D eigenvalue weighted by molar-refractivity contribution is 5.88. The van der Waals surface area contributed by atoms with Crippen LogP contribution in [0.25, 0.3) is 10.9 Å². The first-order chi connectivity index (χ1) is 8.86. The molecule has 1 aromatic heterocycles. The van der Waals surface area contributed by atoms with E-state index in [9.17, 15) is 0 Å². The molecule has 1 heterocycles. The average molecular weight is 239 g/mol. The molecule has 1 saturated carbocycles. The summed E-state index contributed by atoms with van der Waals surface area (Å²) in [6.45, 7) is 2.36. The first-order valence-corrected chi connectivity index (χ1v) is 7.45. The van der Waals surface area contributed by atoms with Crippen LogP contribution in [0.3, 0.4) is 0 Å². The van der Waals surface area contributed by atoms with Gasteiger partial charge in [-0.15, -0.1) is 0 Å². The van der Waals surface area contributed by atoms with Crippen LogP contribution >= 0.6 is 0 Å². The van der Waals surface area contributed by atoms with E-state index in [2.05, 4.69) is 36.3 Å². The molecule has 0 unspecified atom stereocenters. The average Bonchev–Trinajstić information content (AvgIpc) is 2.83. The van der Waals surface area contributed by atoms with E-state index < -0.39 is 0 Å². The summed E-state index contributed by atoms with van der Waals surface area (Å²) in [5.41, 5.74) is 4.55. The van der Waals surface area contributed by atoms with Gasteiger partial charge in [-0.1, -0.05) is 31.9 Å². The van der Waals surface area contributed by atoms with E-state index in [1.807, 2.05) is 0 Å². The molecule has 1 nitrogen and oxygen atoms in total. The molecule has 0 bridgehead atoms. The van der Waals surface area contributed by atoms with Crippen LogP contribution in [0.5, 0.6) is 0 Å². The summed E-state index contributed by atoms with van der Waals surface area (Å²) in [6.07, 6.45) is 9.22. The van der Waals surface area contributed by atoms with Gasteiger partial charge in [0.05, 0.1) is 0 Å². The maximum absolute atomic E-state index is 3.45. The van der Waals surface area contributed by atoms with Crippen LogP contribution in [0.15, 0.2) is 24.4 Å². The lowest BCUT2D eigenvalue weighted by Gasteiger charge is -2.39. The molecule has 2 aliphatic rings. The highest BCUT2D eigenvalue weighted by Crippen LogP contribution is 2.48. The number of nitrogens with one attached hydrogen (secondary N) is 1. The van der Waals surface area contributed by atoms with Crippen molar-refractivity contribution in [2.45, 2.75) is 44.9 Å². The third-order valence-corrected chi connectivity index (χ3v) is 5.38. The zero-order chi connectivity index (χ0) is 12.1. The molecule has 0 aliphatic heterocycles. The summed E-state index contributed by atoms with van der Waals surface area (Å²) in [5, 5.41) is 1.55. The number of rotatable bonds is 1. The topological polar surface area (TPSA) is 15.8 Å². The summed E-state index contributed by atoms with van der Waals surface area (Å²) >= 11 is 0. The van der Waals surface area contributed by atoms with E-state index in [1.54, 1.807) is 16.5 Å². The van der Waals surface area contributed by atoms with E-state index in [-0.39, 0.29) is 0 Å². The SMILES string of the molecule is CC[C@H]1CC[C@@H]2Cc3c[nH]c4cccc(c34)[C@H]2C1. The molecule has 0 saturated heterocycles. The van der Waals surface area contributed by atoms with Gasteiger partial charge in [0, 0.05) is 17.1 Å². The second-order valence-corrected chi connectivity index (χ2v) is 6.24. The van der Waals surface area contributed by atoms with Gasteiger partial charge in [-0.25, -0.2) is 0 Å². The van der Waals surface area contributed by atoms with Crippen molar-refractivity contribution in [2.75, 3.05) is 0 Å². The van der Waals surface area contributed by atoms with Gasteiger partial charge >= 0.3 is 0 Å². The van der Waals surface area contributed by atoms with Gasteiger partial charge in [0.1, 0.15) is 0 Å². The van der Waals surface area contributed by atoms with Crippen LogP contribution in [0.4, 0.5) is 0 Å². The zero-order valence-electron chi connectivity index (χ0n) is 11.1. The predicted molar refractivity (Wildman–Crippen MR) is 75.9 cm³/mol. The van der Waals surface area contributed by atoms with Gasteiger partial charge in [-0.3, -0.25) is 0 Å². The first kappa shape index (κ1) is 10.7. The Morgan fingerprint density at radius 2 is 2.22 bits per heavy atom. The Labute approximate surface area is 109 Å². The molecule has 2 aliphatic carbocycles. The maximum Gasteiger partial charge on any atom is 0.0459 e. The van der Waals surface area contributed by atoms with Crippen molar-refractivity contribution in [1.29, 1.82) is 0 Å². The predicted octanol–water partition coefficient (Wildman–Crippen LogP) is 4.63. The van der Waals surface area contributed by atoms with Gasteiger partial charge in [-0.2, -0.15) is 0 Å². The number of hydrogen-bond acceptors (Lipinski definition) is 0. The number of fused-ring (bicyclic) bond motifs is 2. The van der Waals surface area contributed by atoms with Gasteiger partial charge in [-0.05, 0) is 54.2 Å². The van der Waals surface area contributed by atoms with Crippen molar-refractivity contribution in [1.82, 2.24) is 4.98 Å². The van der Waals surface area contributed by atoms with Crippen LogP contribution in [0.1, 0.15) is 49.7 Å². The second-order valence-electron chi connectivity index (χ2n) is 6.24. The number of aromatic amines is 1. The minimum absolute atomic E-state index is 0.829. The molecular formula is C17H21N. The lowest BCUT2D eigenvalue weighted by Crippen LogP contribution is -2.27. The molecule has 0 amide bonds. The Hall–Kier alpha value is -1.24. The second kappa shape index (κ2) is 3.88. The molecule has 4 rings (SSSR count). The molecule has 94 valence electrons. The molecule has 1 fully saturated rings. The van der Waals surface area contributed by atoms with E-state index >= 15 is 0 Å². The molecule has 3 atom stereocenters. The fraction of sp³-hybridized carbons (Fsp3) is 0.529. The lowest BCUT2D eigenvalue weighted by molar-refractivity contribution is 0.227. The number of H-pyrrole nitrogens is 1. The highest BCUT2D eigenvalue weighted by atomic mass is 14.7. The Kier molecular flexibility index (Phi) is 2.30. The lowest BCUT2D eigenvalue weighted by atomic mass is 9.65. The fourth-order valence-corrected chi connectivity index (χ4v) is 4.35. The highest BCUT2D eigenvalue weighted by Gasteiger charge is 2.35. The van der Waals surface area contributed by atoms with Crippen molar-refractivity contribution < 1.29 is 0 Å². The molecule has 2 aromatic rings. The van der Waals surface area contributed by atoms with Crippen LogP contribution in [0.2, 0.25) is 0 Å². The minimum atomic E-state index is 0.829. The van der Waals surface area contributed by atoms with Gasteiger partial charge in [0.15, 0.2) is 0 Å². The van der Waals surface area contributed by atoms with E-state index in [0.717, 1.165) is 17.8 Å². The van der Waals surface area contributed by atoms with E-state index in [4.69, 9.17) is 0 Å². The van der Waals surface area contributed by atoms with Crippen molar-refractivity contribution >= 4 is 10.9 Å². The first-order valence-electron chi connectivity index (χ1n) is 7.45. The fourth-order valence-electron chi connectivity index (χ4n) is 4.35. The largest absolute Gasteiger partial charge is 0.361 e. The summed E-state index contributed by atoms with van der Waals surface area (Å²) in [4.78, 5) is 3.45. The summed E-state index contributed by atoms with van der Waals surface area (Å²) in [6, 6.07) is 6.84. The van der Waals surface area contributed by atoms with Gasteiger partial charge in [0.25, 0.3) is 0 Å². The van der Waals surface area contributed by atoms with Crippen molar-refractivity contribution in [3.8, 4) is 0 Å². The van der Waals surface area contributed by atoms with Crippen LogP contribution in [-0.2, 0) is 6.42 Å².